The van der Waals surface area contributed by atoms with Crippen LogP contribution in [0.1, 0.15) is 80.7 Å². The van der Waals surface area contributed by atoms with E-state index in [1.807, 2.05) is 18.2 Å². The van der Waals surface area contributed by atoms with E-state index >= 15 is 0 Å². The van der Waals surface area contributed by atoms with Gasteiger partial charge in [-0.25, -0.2) is 0 Å². The lowest BCUT2D eigenvalue weighted by Gasteiger charge is -2.44. The van der Waals surface area contributed by atoms with Gasteiger partial charge in [-0.2, -0.15) is 0 Å². The molecule has 2 unspecified atom stereocenters. The van der Waals surface area contributed by atoms with Gasteiger partial charge in [0.15, 0.2) is 0 Å². The van der Waals surface area contributed by atoms with Crippen LogP contribution in [0.15, 0.2) is 66.7 Å². The van der Waals surface area contributed by atoms with Crippen LogP contribution >= 0.6 is 11.6 Å². The van der Waals surface area contributed by atoms with Crippen LogP contribution in [0.5, 0.6) is 5.75 Å². The summed E-state index contributed by atoms with van der Waals surface area (Å²) in [5.41, 5.74) is 5.06. The Kier molecular flexibility index (Phi) is 9.17. The van der Waals surface area contributed by atoms with Crippen LogP contribution in [0.4, 0.5) is 5.69 Å². The Bertz CT molecular complexity index is 1220. The summed E-state index contributed by atoms with van der Waals surface area (Å²) in [5, 5.41) is 4.30. The smallest absolute Gasteiger partial charge is 0.132 e. The number of nitrogens with one attached hydrogen (secondary N) is 1. The van der Waals surface area contributed by atoms with E-state index in [0.29, 0.717) is 13.2 Å². The summed E-state index contributed by atoms with van der Waals surface area (Å²) < 4.78 is 19.9. The molecule has 0 saturated heterocycles. The third-order valence-electron chi connectivity index (χ3n) is 8.13. The van der Waals surface area contributed by atoms with E-state index in [0.717, 1.165) is 52.1 Å². The molecule has 0 bridgehead atoms. The first kappa shape index (κ1) is 28.0. The monoisotopic (exact) mass is 547 g/mol. The maximum absolute atomic E-state index is 6.75. The molecule has 4 nitrogen and oxygen atoms in total. The molecule has 1 saturated carbocycles. The van der Waals surface area contributed by atoms with Crippen molar-refractivity contribution in [3.8, 4) is 5.75 Å². The molecule has 3 aromatic rings. The molecule has 2 aliphatic rings. The van der Waals surface area contributed by atoms with E-state index in [1.54, 1.807) is 0 Å². The van der Waals surface area contributed by atoms with Crippen LogP contribution in [0, 0.1) is 12.8 Å². The average Bonchev–Trinajstić information content (AvgIpc) is 2.93. The minimum Gasteiger partial charge on any atom is -0.485 e. The zero-order valence-corrected chi connectivity index (χ0v) is 24.3. The number of anilines is 1. The van der Waals surface area contributed by atoms with Crippen LogP contribution in [0.2, 0.25) is 5.02 Å². The predicted octanol–water partition coefficient (Wildman–Crippen LogP) is 9.05. The van der Waals surface area contributed by atoms with Gasteiger partial charge >= 0.3 is 0 Å². The van der Waals surface area contributed by atoms with E-state index in [1.165, 1.54) is 37.7 Å². The van der Waals surface area contributed by atoms with Gasteiger partial charge < -0.3 is 19.5 Å². The van der Waals surface area contributed by atoms with Gasteiger partial charge in [0.1, 0.15) is 23.6 Å². The van der Waals surface area contributed by atoms with Crippen molar-refractivity contribution in [1.82, 2.24) is 0 Å². The van der Waals surface area contributed by atoms with Crippen molar-refractivity contribution >= 4 is 17.3 Å². The number of fused-ring (bicyclic) bond motifs is 1. The normalized spacial score (nSPS) is 20.7. The molecular weight excluding hydrogens is 506 g/mol. The number of hydrogen-bond donors (Lipinski definition) is 1. The summed E-state index contributed by atoms with van der Waals surface area (Å²) in [6.45, 7) is 8.26. The Labute approximate surface area is 239 Å². The summed E-state index contributed by atoms with van der Waals surface area (Å²) in [7, 11) is 0. The lowest BCUT2D eigenvalue weighted by Crippen LogP contribution is -2.51. The van der Waals surface area contributed by atoms with Crippen LogP contribution < -0.4 is 10.1 Å². The molecule has 1 heterocycles. The number of hydrogen-bond acceptors (Lipinski definition) is 4. The van der Waals surface area contributed by atoms with Gasteiger partial charge in [-0.1, -0.05) is 85.7 Å². The minimum atomic E-state index is -0.539. The van der Waals surface area contributed by atoms with Crippen LogP contribution in [0.25, 0.3) is 0 Å². The fourth-order valence-corrected chi connectivity index (χ4v) is 6.08. The standard InChI is InChI=1S/C34H42ClNO3/c1-24-12-14-26(15-13-24)23-38-33-32(37-19-18-25-8-5-4-6-9-25)30-21-29(16-17-31(30)39-34(33,2)3)36-22-27-10-7-11-28(35)20-27/h7,10-17,20-21,25,32-33,36H,4-6,8-9,18-19,22-23H2,1-3H3. The molecule has 0 spiro atoms. The quantitative estimate of drug-likeness (QED) is 0.275. The van der Waals surface area contributed by atoms with Crippen molar-refractivity contribution in [1.29, 1.82) is 0 Å². The van der Waals surface area contributed by atoms with Crippen LogP contribution in [0.3, 0.4) is 0 Å². The van der Waals surface area contributed by atoms with Gasteiger partial charge in [0.2, 0.25) is 0 Å². The van der Waals surface area contributed by atoms with E-state index < -0.39 is 5.60 Å². The van der Waals surface area contributed by atoms with Crippen molar-refractivity contribution in [3.63, 3.8) is 0 Å². The zero-order valence-electron chi connectivity index (χ0n) is 23.5. The zero-order chi connectivity index (χ0) is 27.2. The van der Waals surface area contributed by atoms with E-state index in [9.17, 15) is 0 Å². The number of halogens is 1. The second-order valence-corrected chi connectivity index (χ2v) is 12.2. The number of benzene rings is 3. The molecule has 0 amide bonds. The molecule has 1 aliphatic heterocycles. The van der Waals surface area contributed by atoms with Crippen molar-refractivity contribution in [2.24, 2.45) is 5.92 Å². The maximum Gasteiger partial charge on any atom is 0.132 e. The SMILES string of the molecule is Cc1ccc(COC2C(OCCC3CCCCC3)c3cc(NCc4cccc(Cl)c4)ccc3OC2(C)C)cc1. The highest BCUT2D eigenvalue weighted by molar-refractivity contribution is 6.30. The minimum absolute atomic E-state index is 0.217. The summed E-state index contributed by atoms with van der Waals surface area (Å²) in [6, 6.07) is 22.8. The first-order valence-corrected chi connectivity index (χ1v) is 14.9. The average molecular weight is 548 g/mol. The highest BCUT2D eigenvalue weighted by Crippen LogP contribution is 2.45. The molecular formula is C34H42ClNO3. The lowest BCUT2D eigenvalue weighted by atomic mass is 9.86. The molecule has 3 aromatic carbocycles. The Balaban J connectivity index is 1.36. The van der Waals surface area contributed by atoms with E-state index in [2.05, 4.69) is 74.6 Å². The van der Waals surface area contributed by atoms with E-state index in [-0.39, 0.29) is 12.2 Å². The van der Waals surface area contributed by atoms with Crippen molar-refractivity contribution < 1.29 is 14.2 Å². The second-order valence-electron chi connectivity index (χ2n) is 11.7. The van der Waals surface area contributed by atoms with Gasteiger partial charge in [-0.15, -0.1) is 0 Å². The highest BCUT2D eigenvalue weighted by atomic mass is 35.5. The summed E-state index contributed by atoms with van der Waals surface area (Å²) in [4.78, 5) is 0. The van der Waals surface area contributed by atoms with Crippen LogP contribution in [-0.2, 0) is 22.6 Å². The van der Waals surface area contributed by atoms with Gasteiger partial charge in [-0.05, 0) is 74.6 Å². The molecule has 0 aromatic heterocycles. The van der Waals surface area contributed by atoms with E-state index in [4.69, 9.17) is 25.8 Å². The third kappa shape index (κ3) is 7.36. The molecule has 0 radical (unpaired) electrons. The molecule has 1 fully saturated rings. The summed E-state index contributed by atoms with van der Waals surface area (Å²) in [6.07, 6.45) is 7.35. The Hall–Kier alpha value is -2.53. The van der Waals surface area contributed by atoms with Crippen molar-refractivity contribution in [2.75, 3.05) is 11.9 Å². The first-order valence-electron chi connectivity index (χ1n) is 14.5. The molecule has 5 heteroatoms. The van der Waals surface area contributed by atoms with Gasteiger partial charge in [0.25, 0.3) is 0 Å². The Morgan fingerprint density at radius 2 is 1.72 bits per heavy atom. The predicted molar refractivity (Wildman–Crippen MR) is 160 cm³/mol. The fraction of sp³-hybridized carbons (Fsp3) is 0.471. The van der Waals surface area contributed by atoms with Crippen molar-refractivity contribution in [3.05, 3.63) is 94.0 Å². The maximum atomic E-state index is 6.75. The first-order chi connectivity index (χ1) is 18.9. The highest BCUT2D eigenvalue weighted by Gasteiger charge is 2.45. The summed E-state index contributed by atoms with van der Waals surface area (Å²) in [5.74, 6) is 1.63. The number of rotatable bonds is 10. The van der Waals surface area contributed by atoms with Crippen molar-refractivity contribution in [2.45, 2.75) is 90.3 Å². The summed E-state index contributed by atoms with van der Waals surface area (Å²) >= 11 is 6.19. The Morgan fingerprint density at radius 1 is 0.923 bits per heavy atom. The van der Waals surface area contributed by atoms with Gasteiger partial charge in [-0.3, -0.25) is 0 Å². The molecule has 5 rings (SSSR count). The molecule has 208 valence electrons. The Morgan fingerprint density at radius 3 is 2.49 bits per heavy atom. The number of aryl methyl sites for hydroxylation is 1. The molecule has 1 N–H and O–H groups in total. The van der Waals surface area contributed by atoms with Gasteiger partial charge in [0, 0.05) is 29.4 Å². The topological polar surface area (TPSA) is 39.7 Å². The number of ether oxygens (including phenoxy) is 3. The lowest BCUT2D eigenvalue weighted by molar-refractivity contribution is -0.168. The third-order valence-corrected chi connectivity index (χ3v) is 8.37. The molecule has 39 heavy (non-hydrogen) atoms. The van der Waals surface area contributed by atoms with Crippen LogP contribution in [-0.4, -0.2) is 18.3 Å². The molecule has 1 aliphatic carbocycles. The largest absolute Gasteiger partial charge is 0.485 e. The molecule has 2 atom stereocenters. The fourth-order valence-electron chi connectivity index (χ4n) is 5.87. The van der Waals surface area contributed by atoms with Gasteiger partial charge in [0.05, 0.1) is 6.61 Å². The second kappa shape index (κ2) is 12.8.